The van der Waals surface area contributed by atoms with Crippen molar-refractivity contribution >= 4 is 17.3 Å². The van der Waals surface area contributed by atoms with Crippen molar-refractivity contribution < 1.29 is 0 Å². The van der Waals surface area contributed by atoms with Gasteiger partial charge >= 0.3 is 0 Å². The fraction of sp³-hybridized carbons (Fsp3) is 0.100. The van der Waals surface area contributed by atoms with Crippen molar-refractivity contribution in [3.05, 3.63) is 88.9 Å². The van der Waals surface area contributed by atoms with Gasteiger partial charge in [-0.25, -0.2) is 0 Å². The Labute approximate surface area is 135 Å². The predicted octanol–water partition coefficient (Wildman–Crippen LogP) is 5.53. The number of halogens is 1. The maximum atomic E-state index is 6.03. The topological polar surface area (TPSA) is 3.24 Å². The Hall–Kier alpha value is -2.25. The van der Waals surface area contributed by atoms with Crippen LogP contribution in [0.2, 0.25) is 5.02 Å². The van der Waals surface area contributed by atoms with Gasteiger partial charge < -0.3 is 4.90 Å². The van der Waals surface area contributed by atoms with Gasteiger partial charge in [0.05, 0.1) is 0 Å². The number of hydrogen-bond acceptors (Lipinski definition) is 1. The fourth-order valence-electron chi connectivity index (χ4n) is 3.14. The van der Waals surface area contributed by atoms with Gasteiger partial charge in [0.15, 0.2) is 0 Å². The van der Waals surface area contributed by atoms with E-state index in [1.54, 1.807) is 0 Å². The van der Waals surface area contributed by atoms with E-state index in [0.29, 0.717) is 0 Å². The van der Waals surface area contributed by atoms with E-state index in [1.807, 2.05) is 12.1 Å². The summed E-state index contributed by atoms with van der Waals surface area (Å²) in [5.74, 6) is 0. The molecule has 1 aliphatic rings. The van der Waals surface area contributed by atoms with Crippen LogP contribution in [0.25, 0.3) is 11.1 Å². The van der Waals surface area contributed by atoms with Crippen LogP contribution in [0.15, 0.2) is 72.8 Å². The summed E-state index contributed by atoms with van der Waals surface area (Å²) in [6.07, 6.45) is 0. The zero-order valence-electron chi connectivity index (χ0n) is 12.2. The Balaban J connectivity index is 1.84. The predicted molar refractivity (Wildman–Crippen MR) is 93.2 cm³/mol. The second-order valence-electron chi connectivity index (χ2n) is 5.65. The summed E-state index contributed by atoms with van der Waals surface area (Å²) in [7, 11) is 0. The number of nitrogens with zero attached hydrogens (tertiary/aromatic N) is 1. The molecule has 0 fully saturated rings. The first kappa shape index (κ1) is 13.4. The molecule has 0 N–H and O–H groups in total. The van der Waals surface area contributed by atoms with Gasteiger partial charge in [-0.2, -0.15) is 0 Å². The van der Waals surface area contributed by atoms with Crippen molar-refractivity contribution in [2.45, 2.75) is 13.1 Å². The summed E-state index contributed by atoms with van der Waals surface area (Å²) in [6.45, 7) is 1.82. The van der Waals surface area contributed by atoms with E-state index < -0.39 is 0 Å². The molecule has 2 heteroatoms. The monoisotopic (exact) mass is 305 g/mol. The van der Waals surface area contributed by atoms with Crippen molar-refractivity contribution in [2.75, 3.05) is 4.90 Å². The van der Waals surface area contributed by atoms with Crippen molar-refractivity contribution in [3.63, 3.8) is 0 Å². The molecule has 0 saturated heterocycles. The average Bonchev–Trinajstić information content (AvgIpc) is 2.72. The molecule has 0 spiro atoms. The summed E-state index contributed by atoms with van der Waals surface area (Å²) < 4.78 is 0. The first-order valence-electron chi connectivity index (χ1n) is 7.48. The van der Waals surface area contributed by atoms with Gasteiger partial charge in [-0.3, -0.25) is 0 Å². The second kappa shape index (κ2) is 5.51. The number of fused-ring (bicyclic) bond motifs is 3. The summed E-state index contributed by atoms with van der Waals surface area (Å²) in [5, 5.41) is 0.777. The molecule has 3 aromatic rings. The lowest BCUT2D eigenvalue weighted by atomic mass is 9.97. The molecule has 1 aliphatic heterocycles. The van der Waals surface area contributed by atoms with Gasteiger partial charge in [-0.05, 0) is 46.5 Å². The Morgan fingerprint density at radius 1 is 0.636 bits per heavy atom. The smallest absolute Gasteiger partial charge is 0.0439 e. The van der Waals surface area contributed by atoms with E-state index in [0.717, 1.165) is 18.1 Å². The maximum absolute atomic E-state index is 6.03. The lowest BCUT2D eigenvalue weighted by Gasteiger charge is -2.23. The number of rotatable bonds is 1. The van der Waals surface area contributed by atoms with Gasteiger partial charge in [-0.15, -0.1) is 0 Å². The molecular formula is C20H16ClN. The van der Waals surface area contributed by atoms with Crippen LogP contribution in [0.1, 0.15) is 11.1 Å². The molecular weight excluding hydrogens is 290 g/mol. The minimum Gasteiger partial charge on any atom is -0.363 e. The lowest BCUT2D eigenvalue weighted by Crippen LogP contribution is -2.20. The van der Waals surface area contributed by atoms with Crippen molar-refractivity contribution in [2.24, 2.45) is 0 Å². The summed E-state index contributed by atoms with van der Waals surface area (Å²) in [6, 6.07) is 25.5. The van der Waals surface area contributed by atoms with Crippen molar-refractivity contribution in [1.82, 2.24) is 0 Å². The summed E-state index contributed by atoms with van der Waals surface area (Å²) in [4.78, 5) is 2.40. The Kier molecular flexibility index (Phi) is 3.36. The van der Waals surface area contributed by atoms with Gasteiger partial charge in [0.1, 0.15) is 0 Å². The largest absolute Gasteiger partial charge is 0.363 e. The zero-order chi connectivity index (χ0) is 14.9. The molecule has 22 heavy (non-hydrogen) atoms. The normalized spacial score (nSPS) is 13.2. The Morgan fingerprint density at radius 2 is 1.14 bits per heavy atom. The van der Waals surface area contributed by atoms with E-state index in [-0.39, 0.29) is 0 Å². The molecule has 3 aromatic carbocycles. The third-order valence-corrected chi connectivity index (χ3v) is 4.49. The van der Waals surface area contributed by atoms with Crippen molar-refractivity contribution in [1.29, 1.82) is 0 Å². The highest BCUT2D eigenvalue weighted by atomic mass is 35.5. The Bertz CT molecular complexity index is 760. The van der Waals surface area contributed by atoms with E-state index in [2.05, 4.69) is 65.6 Å². The minimum absolute atomic E-state index is 0.777. The van der Waals surface area contributed by atoms with Crippen molar-refractivity contribution in [3.8, 4) is 11.1 Å². The van der Waals surface area contributed by atoms with Crippen LogP contribution in [0, 0.1) is 0 Å². The molecule has 0 aliphatic carbocycles. The second-order valence-corrected chi connectivity index (χ2v) is 6.08. The highest BCUT2D eigenvalue weighted by Gasteiger charge is 2.18. The first-order valence-corrected chi connectivity index (χ1v) is 7.86. The van der Waals surface area contributed by atoms with E-state index >= 15 is 0 Å². The highest BCUT2D eigenvalue weighted by Crippen LogP contribution is 2.34. The lowest BCUT2D eigenvalue weighted by molar-refractivity contribution is 0.812. The summed E-state index contributed by atoms with van der Waals surface area (Å²) in [5.41, 5.74) is 6.62. The van der Waals surface area contributed by atoms with E-state index in [1.165, 1.54) is 27.9 Å². The minimum atomic E-state index is 0.777. The van der Waals surface area contributed by atoms with Gasteiger partial charge in [-0.1, -0.05) is 60.1 Å². The molecule has 4 rings (SSSR count). The van der Waals surface area contributed by atoms with Crippen LogP contribution < -0.4 is 4.90 Å². The molecule has 1 nitrogen and oxygen atoms in total. The number of hydrogen-bond donors (Lipinski definition) is 0. The highest BCUT2D eigenvalue weighted by molar-refractivity contribution is 6.30. The van der Waals surface area contributed by atoms with Crippen LogP contribution in [-0.2, 0) is 13.1 Å². The van der Waals surface area contributed by atoms with Gasteiger partial charge in [0, 0.05) is 23.8 Å². The molecule has 1 heterocycles. The fourth-order valence-corrected chi connectivity index (χ4v) is 3.27. The molecule has 0 bridgehead atoms. The molecule has 0 amide bonds. The SMILES string of the molecule is Clc1ccc(N2Cc3ccccc3-c3ccccc3C2)cc1. The van der Waals surface area contributed by atoms with E-state index in [4.69, 9.17) is 11.6 Å². The van der Waals surface area contributed by atoms with E-state index in [9.17, 15) is 0 Å². The molecule has 0 radical (unpaired) electrons. The first-order chi connectivity index (χ1) is 10.8. The maximum Gasteiger partial charge on any atom is 0.0439 e. The standard InChI is InChI=1S/C20H16ClN/c21-17-9-11-18(12-10-17)22-13-15-5-1-3-7-19(15)20-8-4-2-6-16(20)14-22/h1-12H,13-14H2. The Morgan fingerprint density at radius 3 is 1.68 bits per heavy atom. The van der Waals surface area contributed by atoms with Crippen LogP contribution in [0.5, 0.6) is 0 Å². The third kappa shape index (κ3) is 2.38. The number of benzene rings is 3. The van der Waals surface area contributed by atoms with Gasteiger partial charge in [0.25, 0.3) is 0 Å². The molecule has 0 saturated carbocycles. The summed E-state index contributed by atoms with van der Waals surface area (Å²) >= 11 is 6.03. The molecule has 108 valence electrons. The van der Waals surface area contributed by atoms with Crippen LogP contribution in [0.3, 0.4) is 0 Å². The molecule has 0 unspecified atom stereocenters. The number of anilines is 1. The van der Waals surface area contributed by atoms with Crippen LogP contribution in [0.4, 0.5) is 5.69 Å². The molecule has 0 aromatic heterocycles. The third-order valence-electron chi connectivity index (χ3n) is 4.24. The van der Waals surface area contributed by atoms with Crippen LogP contribution >= 0.6 is 11.6 Å². The van der Waals surface area contributed by atoms with Crippen LogP contribution in [-0.4, -0.2) is 0 Å². The van der Waals surface area contributed by atoms with Gasteiger partial charge in [0.2, 0.25) is 0 Å². The quantitative estimate of drug-likeness (QED) is 0.571. The molecule has 0 atom stereocenters. The average molecular weight is 306 g/mol. The zero-order valence-corrected chi connectivity index (χ0v) is 12.9.